The van der Waals surface area contributed by atoms with Crippen LogP contribution in [0, 0.1) is 0 Å². The minimum Gasteiger partial charge on any atom is -0.482 e. The molecule has 2 aromatic carbocycles. The molecule has 0 saturated carbocycles. The quantitative estimate of drug-likeness (QED) is 0.899. The van der Waals surface area contributed by atoms with Gasteiger partial charge in [0.05, 0.1) is 10.6 Å². The molecule has 0 atom stereocenters. The Bertz CT molecular complexity index is 899. The number of anilines is 1. The lowest BCUT2D eigenvalue weighted by molar-refractivity contribution is -0.120. The molecule has 0 spiro atoms. The van der Waals surface area contributed by atoms with Crippen molar-refractivity contribution in [2.75, 3.05) is 18.6 Å². The van der Waals surface area contributed by atoms with Crippen LogP contribution in [0.5, 0.6) is 5.75 Å². The van der Waals surface area contributed by atoms with Crippen molar-refractivity contribution in [1.29, 1.82) is 0 Å². The zero-order valence-electron chi connectivity index (χ0n) is 12.8. The second-order valence-corrected chi connectivity index (χ2v) is 7.46. The first-order valence-electron chi connectivity index (χ1n) is 7.15. The van der Waals surface area contributed by atoms with Gasteiger partial charge in [-0.25, -0.2) is 13.1 Å². The highest BCUT2D eigenvalue weighted by atomic mass is 35.5. The zero-order valence-corrected chi connectivity index (χ0v) is 14.4. The van der Waals surface area contributed by atoms with Gasteiger partial charge in [-0.3, -0.25) is 4.79 Å². The van der Waals surface area contributed by atoms with Crippen LogP contribution in [0.15, 0.2) is 47.4 Å². The van der Waals surface area contributed by atoms with E-state index < -0.39 is 10.0 Å². The fourth-order valence-electron chi connectivity index (χ4n) is 2.32. The third-order valence-corrected chi connectivity index (χ3v) is 5.51. The Morgan fingerprint density at radius 2 is 2.00 bits per heavy atom. The minimum absolute atomic E-state index is 0.0541. The van der Waals surface area contributed by atoms with Crippen LogP contribution in [-0.4, -0.2) is 28.0 Å². The van der Waals surface area contributed by atoms with Gasteiger partial charge in [0.15, 0.2) is 6.61 Å². The normalized spacial score (nSPS) is 14.2. The number of fused-ring (bicyclic) bond motifs is 1. The number of halogens is 1. The number of amides is 1. The van der Waals surface area contributed by atoms with Gasteiger partial charge in [-0.2, -0.15) is 0 Å². The molecule has 0 bridgehead atoms. The number of sulfonamides is 1. The van der Waals surface area contributed by atoms with Gasteiger partial charge in [0.1, 0.15) is 5.75 Å². The van der Waals surface area contributed by atoms with Gasteiger partial charge < -0.3 is 9.64 Å². The summed E-state index contributed by atoms with van der Waals surface area (Å²) in [6.45, 7) is 0.0186. The molecule has 0 fully saturated rings. The van der Waals surface area contributed by atoms with E-state index in [0.29, 0.717) is 22.0 Å². The second-order valence-electron chi connectivity index (χ2n) is 5.29. The van der Waals surface area contributed by atoms with Crippen LogP contribution >= 0.6 is 11.6 Å². The maximum absolute atomic E-state index is 12.5. The number of carbonyl (C=O) groups excluding carboxylic acids is 1. The van der Waals surface area contributed by atoms with Crippen molar-refractivity contribution in [3.63, 3.8) is 0 Å². The highest BCUT2D eigenvalue weighted by Crippen LogP contribution is 2.33. The van der Waals surface area contributed by atoms with Gasteiger partial charge in [-0.05, 0) is 29.8 Å². The van der Waals surface area contributed by atoms with Crippen LogP contribution < -0.4 is 14.4 Å². The molecule has 1 N–H and O–H groups in total. The van der Waals surface area contributed by atoms with Crippen LogP contribution in [0.2, 0.25) is 5.02 Å². The fourth-order valence-corrected chi connectivity index (χ4v) is 3.55. The average molecular weight is 367 g/mol. The smallest absolute Gasteiger partial charge is 0.264 e. The van der Waals surface area contributed by atoms with Crippen molar-refractivity contribution in [3.05, 3.63) is 53.1 Å². The maximum atomic E-state index is 12.5. The van der Waals surface area contributed by atoms with Crippen molar-refractivity contribution in [1.82, 2.24) is 4.72 Å². The lowest BCUT2D eigenvalue weighted by Crippen LogP contribution is -2.35. The van der Waals surface area contributed by atoms with Crippen LogP contribution in [0.1, 0.15) is 5.56 Å². The molecular weight excluding hydrogens is 352 g/mol. The number of nitrogens with zero attached hydrogens (tertiary/aromatic N) is 1. The van der Waals surface area contributed by atoms with Crippen molar-refractivity contribution >= 4 is 33.2 Å². The maximum Gasteiger partial charge on any atom is 0.264 e. The summed E-state index contributed by atoms with van der Waals surface area (Å²) in [4.78, 5) is 13.1. The van der Waals surface area contributed by atoms with Gasteiger partial charge in [0.2, 0.25) is 10.0 Å². The summed E-state index contributed by atoms with van der Waals surface area (Å²) in [7, 11) is -2.17. The first-order valence-corrected chi connectivity index (χ1v) is 9.01. The Labute approximate surface area is 145 Å². The first-order chi connectivity index (χ1) is 11.4. The Morgan fingerprint density at radius 1 is 1.25 bits per heavy atom. The summed E-state index contributed by atoms with van der Waals surface area (Å²) in [5.74, 6) is 0.239. The van der Waals surface area contributed by atoms with Crippen molar-refractivity contribution < 1.29 is 17.9 Å². The number of nitrogens with one attached hydrogen (secondary N) is 1. The third kappa shape index (κ3) is 3.24. The van der Waals surface area contributed by atoms with Crippen LogP contribution in [0.4, 0.5) is 5.69 Å². The van der Waals surface area contributed by atoms with Gasteiger partial charge in [0, 0.05) is 18.6 Å². The fraction of sp³-hybridized carbons (Fsp3) is 0.188. The van der Waals surface area contributed by atoms with E-state index in [0.717, 1.165) is 0 Å². The van der Waals surface area contributed by atoms with E-state index in [-0.39, 0.29) is 24.0 Å². The average Bonchev–Trinajstić information content (AvgIpc) is 2.57. The van der Waals surface area contributed by atoms with E-state index in [1.807, 2.05) is 0 Å². The molecule has 8 heteroatoms. The van der Waals surface area contributed by atoms with Crippen molar-refractivity contribution in [2.24, 2.45) is 0 Å². The Hall–Kier alpha value is -2.09. The minimum atomic E-state index is -3.75. The number of likely N-dealkylation sites (N-methyl/N-ethyl adjacent to an activating group) is 1. The second kappa shape index (κ2) is 6.43. The van der Waals surface area contributed by atoms with Gasteiger partial charge in [0.25, 0.3) is 5.91 Å². The molecule has 0 unspecified atom stereocenters. The number of hydrogen-bond donors (Lipinski definition) is 1. The Morgan fingerprint density at radius 3 is 2.75 bits per heavy atom. The SMILES string of the molecule is CN1C(=O)COc2ccc(S(=O)(=O)NCc3ccccc3Cl)cc21. The monoisotopic (exact) mass is 366 g/mol. The molecule has 0 saturated heterocycles. The molecule has 1 aliphatic heterocycles. The topological polar surface area (TPSA) is 75.7 Å². The number of rotatable bonds is 4. The molecule has 0 aromatic heterocycles. The number of ether oxygens (including phenoxy) is 1. The Kier molecular flexibility index (Phi) is 4.49. The zero-order chi connectivity index (χ0) is 17.3. The van der Waals surface area contributed by atoms with Gasteiger partial charge in [-0.1, -0.05) is 29.8 Å². The van der Waals surface area contributed by atoms with Crippen molar-refractivity contribution in [2.45, 2.75) is 11.4 Å². The summed E-state index contributed by atoms with van der Waals surface area (Å²) in [6.07, 6.45) is 0. The molecule has 2 aromatic rings. The molecule has 0 aliphatic carbocycles. The van der Waals surface area contributed by atoms with E-state index in [1.54, 1.807) is 37.4 Å². The van der Waals surface area contributed by atoms with E-state index in [9.17, 15) is 13.2 Å². The van der Waals surface area contributed by atoms with Gasteiger partial charge >= 0.3 is 0 Å². The highest BCUT2D eigenvalue weighted by molar-refractivity contribution is 7.89. The first kappa shape index (κ1) is 16.8. The molecule has 1 heterocycles. The van der Waals surface area contributed by atoms with Crippen LogP contribution in [-0.2, 0) is 21.4 Å². The van der Waals surface area contributed by atoms with Crippen molar-refractivity contribution in [3.8, 4) is 5.75 Å². The molecule has 1 amide bonds. The summed E-state index contributed by atoms with van der Waals surface area (Å²) in [5, 5.41) is 0.490. The van der Waals surface area contributed by atoms with E-state index in [1.165, 1.54) is 17.0 Å². The molecule has 3 rings (SSSR count). The largest absolute Gasteiger partial charge is 0.482 e. The van der Waals surface area contributed by atoms with Gasteiger partial charge in [-0.15, -0.1) is 0 Å². The predicted octanol–water partition coefficient (Wildman–Crippen LogP) is 2.17. The molecule has 1 aliphatic rings. The van der Waals surface area contributed by atoms with E-state index >= 15 is 0 Å². The molecule has 24 heavy (non-hydrogen) atoms. The molecular formula is C16H15ClN2O4S. The molecule has 126 valence electrons. The van der Waals surface area contributed by atoms with E-state index in [4.69, 9.17) is 16.3 Å². The number of hydrogen-bond acceptors (Lipinski definition) is 4. The standard InChI is InChI=1S/C16H15ClN2O4S/c1-19-14-8-12(6-7-15(14)23-10-16(19)20)24(21,22)18-9-11-4-2-3-5-13(11)17/h2-8,18H,9-10H2,1H3. The van der Waals surface area contributed by atoms with Crippen LogP contribution in [0.3, 0.4) is 0 Å². The summed E-state index contributed by atoms with van der Waals surface area (Å²) in [6, 6.07) is 11.4. The lowest BCUT2D eigenvalue weighted by Gasteiger charge is -2.26. The predicted molar refractivity (Wildman–Crippen MR) is 90.8 cm³/mol. The lowest BCUT2D eigenvalue weighted by atomic mass is 10.2. The highest BCUT2D eigenvalue weighted by Gasteiger charge is 2.25. The molecule has 6 nitrogen and oxygen atoms in total. The summed E-state index contributed by atoms with van der Waals surface area (Å²) >= 11 is 6.03. The third-order valence-electron chi connectivity index (χ3n) is 3.74. The van der Waals surface area contributed by atoms with E-state index in [2.05, 4.69) is 4.72 Å². The number of benzene rings is 2. The van der Waals surface area contributed by atoms with Crippen LogP contribution in [0.25, 0.3) is 0 Å². The number of carbonyl (C=O) groups is 1. The summed E-state index contributed by atoms with van der Waals surface area (Å²) in [5.41, 5.74) is 1.10. The Balaban J connectivity index is 1.85. The molecule has 0 radical (unpaired) electrons. The summed E-state index contributed by atoms with van der Waals surface area (Å²) < 4.78 is 32.8.